The second-order valence-corrected chi connectivity index (χ2v) is 4.82. The Bertz CT molecular complexity index is 570. The van der Waals surface area contributed by atoms with E-state index in [0.29, 0.717) is 0 Å². The van der Waals surface area contributed by atoms with Gasteiger partial charge in [0.05, 0.1) is 21.3 Å². The van der Waals surface area contributed by atoms with Crippen molar-refractivity contribution in [3.8, 4) is 0 Å². The Labute approximate surface area is 114 Å². The molecular formula is C11H14N4O5. The van der Waals surface area contributed by atoms with Crippen molar-refractivity contribution in [3.63, 3.8) is 0 Å². The van der Waals surface area contributed by atoms with Gasteiger partial charge in [0.2, 0.25) is 5.91 Å². The van der Waals surface area contributed by atoms with Crippen LogP contribution < -0.4 is 11.1 Å². The maximum atomic E-state index is 11.2. The van der Waals surface area contributed by atoms with Crippen molar-refractivity contribution in [1.29, 1.82) is 0 Å². The molecule has 108 valence electrons. The van der Waals surface area contributed by atoms with Crippen LogP contribution in [-0.2, 0) is 4.79 Å². The number of nitro benzene ring substituents is 2. The number of primary amides is 1. The van der Waals surface area contributed by atoms with Gasteiger partial charge in [-0.3, -0.25) is 25.0 Å². The predicted molar refractivity (Wildman–Crippen MR) is 71.2 cm³/mol. The molecule has 1 aromatic rings. The first kappa shape index (κ1) is 15.3. The summed E-state index contributed by atoms with van der Waals surface area (Å²) in [4.78, 5) is 31.2. The second kappa shape index (κ2) is 5.51. The first-order chi connectivity index (χ1) is 9.15. The van der Waals surface area contributed by atoms with E-state index in [9.17, 15) is 25.0 Å². The van der Waals surface area contributed by atoms with Crippen LogP contribution in [0, 0.1) is 25.6 Å². The quantitative estimate of drug-likeness (QED) is 0.597. The molecule has 0 heterocycles. The summed E-state index contributed by atoms with van der Waals surface area (Å²) in [6, 6.07) is 3.24. The lowest BCUT2D eigenvalue weighted by Gasteiger charge is -2.21. The van der Waals surface area contributed by atoms with Crippen LogP contribution in [0.4, 0.5) is 17.1 Å². The zero-order valence-electron chi connectivity index (χ0n) is 11.0. The minimum absolute atomic E-state index is 0.0704. The van der Waals surface area contributed by atoms with Crippen LogP contribution in [-0.4, -0.2) is 22.3 Å². The summed E-state index contributed by atoms with van der Waals surface area (Å²) in [6.45, 7) is 3.24. The van der Waals surface area contributed by atoms with Gasteiger partial charge in [0, 0.05) is 12.6 Å². The van der Waals surface area contributed by atoms with E-state index in [-0.39, 0.29) is 17.9 Å². The fourth-order valence-corrected chi connectivity index (χ4v) is 1.34. The Balaban J connectivity index is 3.04. The fourth-order valence-electron chi connectivity index (χ4n) is 1.34. The van der Waals surface area contributed by atoms with Gasteiger partial charge in [-0.1, -0.05) is 0 Å². The number of carbonyl (C=O) groups excluding carboxylic acids is 1. The number of nitrogens with one attached hydrogen (secondary N) is 1. The van der Waals surface area contributed by atoms with Crippen LogP contribution in [0.1, 0.15) is 13.8 Å². The lowest BCUT2D eigenvalue weighted by molar-refractivity contribution is -0.393. The number of benzene rings is 1. The molecule has 0 unspecified atom stereocenters. The molecule has 0 aliphatic carbocycles. The monoisotopic (exact) mass is 282 g/mol. The Kier molecular flexibility index (Phi) is 4.23. The van der Waals surface area contributed by atoms with Crippen molar-refractivity contribution >= 4 is 23.0 Å². The number of rotatable bonds is 6. The summed E-state index contributed by atoms with van der Waals surface area (Å²) < 4.78 is 0. The van der Waals surface area contributed by atoms with Crippen molar-refractivity contribution in [2.45, 2.75) is 13.8 Å². The predicted octanol–water partition coefficient (Wildman–Crippen LogP) is 1.43. The topological polar surface area (TPSA) is 141 Å². The molecule has 0 atom stereocenters. The van der Waals surface area contributed by atoms with Gasteiger partial charge in [0.25, 0.3) is 11.4 Å². The second-order valence-electron chi connectivity index (χ2n) is 4.82. The van der Waals surface area contributed by atoms with Gasteiger partial charge in [0.15, 0.2) is 0 Å². The van der Waals surface area contributed by atoms with Crippen molar-refractivity contribution < 1.29 is 14.6 Å². The van der Waals surface area contributed by atoms with Crippen molar-refractivity contribution in [2.24, 2.45) is 11.1 Å². The number of anilines is 1. The summed E-state index contributed by atoms with van der Waals surface area (Å²) >= 11 is 0. The van der Waals surface area contributed by atoms with E-state index in [2.05, 4.69) is 5.32 Å². The molecule has 0 aliphatic rings. The summed E-state index contributed by atoms with van der Waals surface area (Å²) in [5.74, 6) is -0.561. The van der Waals surface area contributed by atoms with Gasteiger partial charge >= 0.3 is 0 Å². The van der Waals surface area contributed by atoms with Gasteiger partial charge in [-0.15, -0.1) is 0 Å². The zero-order chi connectivity index (χ0) is 15.5. The molecule has 0 aliphatic heterocycles. The lowest BCUT2D eigenvalue weighted by atomic mass is 9.92. The summed E-state index contributed by atoms with van der Waals surface area (Å²) in [5, 5.41) is 24.2. The van der Waals surface area contributed by atoms with Gasteiger partial charge in [-0.2, -0.15) is 0 Å². The van der Waals surface area contributed by atoms with Crippen LogP contribution in [0.15, 0.2) is 18.2 Å². The molecule has 0 saturated heterocycles. The standard InChI is InChI=1S/C11H14N4O5/c1-11(2,10(12)16)6-13-8-4-3-7(14(17)18)5-9(8)15(19)20/h3-5,13H,6H2,1-2H3,(H2,12,16). The van der Waals surface area contributed by atoms with Crippen LogP contribution in [0.2, 0.25) is 0 Å². The maximum Gasteiger partial charge on any atom is 0.299 e. The number of nitrogens with two attached hydrogens (primary N) is 1. The van der Waals surface area contributed by atoms with Crippen LogP contribution in [0.5, 0.6) is 0 Å². The molecule has 1 rings (SSSR count). The third-order valence-corrected chi connectivity index (χ3v) is 2.78. The molecule has 0 aromatic heterocycles. The zero-order valence-corrected chi connectivity index (χ0v) is 11.0. The Morgan fingerprint density at radius 3 is 2.35 bits per heavy atom. The number of non-ortho nitro benzene ring substituents is 1. The minimum atomic E-state index is -0.907. The third-order valence-electron chi connectivity index (χ3n) is 2.78. The smallest absolute Gasteiger partial charge is 0.299 e. The van der Waals surface area contributed by atoms with Crippen molar-refractivity contribution in [3.05, 3.63) is 38.4 Å². The highest BCUT2D eigenvalue weighted by Crippen LogP contribution is 2.29. The van der Waals surface area contributed by atoms with E-state index < -0.39 is 26.9 Å². The molecule has 0 spiro atoms. The first-order valence-corrected chi connectivity index (χ1v) is 5.62. The maximum absolute atomic E-state index is 11.2. The lowest BCUT2D eigenvalue weighted by Crippen LogP contribution is -2.37. The van der Waals surface area contributed by atoms with E-state index >= 15 is 0 Å². The molecule has 0 saturated carbocycles. The van der Waals surface area contributed by atoms with Crippen LogP contribution >= 0.6 is 0 Å². The molecule has 0 fully saturated rings. The van der Waals surface area contributed by atoms with E-state index in [1.54, 1.807) is 13.8 Å². The third kappa shape index (κ3) is 3.40. The van der Waals surface area contributed by atoms with Crippen molar-refractivity contribution in [1.82, 2.24) is 0 Å². The highest BCUT2D eigenvalue weighted by molar-refractivity contribution is 5.81. The van der Waals surface area contributed by atoms with E-state index in [1.807, 2.05) is 0 Å². The molecule has 0 bridgehead atoms. The number of hydrogen-bond acceptors (Lipinski definition) is 6. The van der Waals surface area contributed by atoms with Gasteiger partial charge in [-0.25, -0.2) is 0 Å². The normalized spacial score (nSPS) is 10.9. The number of nitrogens with zero attached hydrogens (tertiary/aromatic N) is 2. The minimum Gasteiger partial charge on any atom is -0.378 e. The van der Waals surface area contributed by atoms with Gasteiger partial charge in [-0.05, 0) is 19.9 Å². The Morgan fingerprint density at radius 1 is 1.30 bits per heavy atom. The SMILES string of the molecule is CC(C)(CNc1ccc([N+](=O)[O-])cc1[N+](=O)[O-])C(N)=O. The average molecular weight is 282 g/mol. The van der Waals surface area contributed by atoms with E-state index in [1.165, 1.54) is 6.07 Å². The van der Waals surface area contributed by atoms with Crippen molar-refractivity contribution in [2.75, 3.05) is 11.9 Å². The first-order valence-electron chi connectivity index (χ1n) is 5.62. The Morgan fingerprint density at radius 2 is 1.90 bits per heavy atom. The highest BCUT2D eigenvalue weighted by Gasteiger charge is 2.26. The summed E-state index contributed by atoms with van der Waals surface area (Å²) in [6.07, 6.45) is 0. The molecule has 3 N–H and O–H groups in total. The number of hydrogen-bond donors (Lipinski definition) is 2. The van der Waals surface area contributed by atoms with Crippen LogP contribution in [0.3, 0.4) is 0 Å². The molecule has 0 radical (unpaired) electrons. The number of nitro groups is 2. The van der Waals surface area contributed by atoms with E-state index in [4.69, 9.17) is 5.73 Å². The molecule has 20 heavy (non-hydrogen) atoms. The van der Waals surface area contributed by atoms with Gasteiger partial charge in [0.1, 0.15) is 5.69 Å². The fraction of sp³-hybridized carbons (Fsp3) is 0.364. The molecule has 9 heteroatoms. The highest BCUT2D eigenvalue weighted by atomic mass is 16.6. The summed E-state index contributed by atoms with van der Waals surface area (Å²) in [7, 11) is 0. The molecule has 9 nitrogen and oxygen atoms in total. The Hall–Kier alpha value is -2.71. The van der Waals surface area contributed by atoms with Crippen LogP contribution in [0.25, 0.3) is 0 Å². The molecule has 1 amide bonds. The average Bonchev–Trinajstić information content (AvgIpc) is 2.35. The molecule has 1 aromatic carbocycles. The molecular weight excluding hydrogens is 268 g/mol. The van der Waals surface area contributed by atoms with Gasteiger partial charge < -0.3 is 11.1 Å². The van der Waals surface area contributed by atoms with E-state index in [0.717, 1.165) is 12.1 Å². The number of amides is 1. The number of carbonyl (C=O) groups is 1. The largest absolute Gasteiger partial charge is 0.378 e. The summed E-state index contributed by atoms with van der Waals surface area (Å²) in [5.41, 5.74) is 3.57.